The van der Waals surface area contributed by atoms with Crippen LogP contribution in [-0.4, -0.2) is 4.57 Å². The monoisotopic (exact) mass is 339 g/mol. The van der Waals surface area contributed by atoms with Gasteiger partial charge in [0.15, 0.2) is 0 Å². The van der Waals surface area contributed by atoms with Gasteiger partial charge >= 0.3 is 0 Å². The third-order valence-corrected chi connectivity index (χ3v) is 4.32. The summed E-state index contributed by atoms with van der Waals surface area (Å²) in [6, 6.07) is 23.5. The Bertz CT molecular complexity index is 1220. The van der Waals surface area contributed by atoms with Crippen molar-refractivity contribution in [3.05, 3.63) is 77.6 Å². The predicted octanol–water partition coefficient (Wildman–Crippen LogP) is 3.46. The smallest absolute Gasteiger partial charge is 0.148 e. The molecule has 0 bridgehead atoms. The van der Waals surface area contributed by atoms with Gasteiger partial charge in [0, 0.05) is 34.0 Å². The Hall–Kier alpha value is -3.89. The van der Waals surface area contributed by atoms with Gasteiger partial charge in [0.1, 0.15) is 5.82 Å². The molecule has 3 aromatic carbocycles. The van der Waals surface area contributed by atoms with Crippen molar-refractivity contribution in [1.29, 1.82) is 0 Å². The van der Waals surface area contributed by atoms with Gasteiger partial charge in [-0.05, 0) is 36.1 Å². The lowest BCUT2D eigenvalue weighted by Gasteiger charge is -2.11. The highest BCUT2D eigenvalue weighted by Gasteiger charge is 2.16. The minimum atomic E-state index is -0.406. The normalized spacial score (nSPS) is 10.2. The summed E-state index contributed by atoms with van der Waals surface area (Å²) in [5.41, 5.74) is 13.8. The summed E-state index contributed by atoms with van der Waals surface area (Å²) in [7, 11) is 0. The van der Waals surface area contributed by atoms with Crippen LogP contribution in [-0.2, 0) is 0 Å². The maximum absolute atomic E-state index is 15.0. The Morgan fingerprint density at radius 1 is 0.731 bits per heavy atom. The van der Waals surface area contributed by atoms with Crippen molar-refractivity contribution >= 4 is 21.8 Å². The van der Waals surface area contributed by atoms with Crippen molar-refractivity contribution in [3.63, 3.8) is 0 Å². The minimum Gasteiger partial charge on any atom is -0.359 e. The molecule has 0 spiro atoms. The van der Waals surface area contributed by atoms with Gasteiger partial charge in [-0.3, -0.25) is 0 Å². The Morgan fingerprint density at radius 3 is 1.77 bits per heavy atom. The lowest BCUT2D eigenvalue weighted by atomic mass is 10.1. The van der Waals surface area contributed by atoms with Crippen LogP contribution in [0.5, 0.6) is 0 Å². The highest BCUT2D eigenvalue weighted by molar-refractivity contribution is 6.09. The second kappa shape index (κ2) is 6.20. The van der Waals surface area contributed by atoms with Crippen molar-refractivity contribution < 1.29 is 4.39 Å². The van der Waals surface area contributed by atoms with E-state index < -0.39 is 5.82 Å². The van der Waals surface area contributed by atoms with Gasteiger partial charge in [-0.1, -0.05) is 36.4 Å². The molecule has 124 valence electrons. The molecule has 0 aliphatic rings. The first-order valence-electron chi connectivity index (χ1n) is 8.00. The zero-order valence-electron chi connectivity index (χ0n) is 13.8. The fourth-order valence-electron chi connectivity index (χ4n) is 3.28. The van der Waals surface area contributed by atoms with E-state index in [0.717, 1.165) is 21.8 Å². The number of para-hydroxylation sites is 2. The highest BCUT2D eigenvalue weighted by atomic mass is 19.1. The van der Waals surface area contributed by atoms with Crippen LogP contribution in [0.25, 0.3) is 27.5 Å². The van der Waals surface area contributed by atoms with Crippen LogP contribution in [0.1, 0.15) is 11.1 Å². The highest BCUT2D eigenvalue weighted by Crippen LogP contribution is 2.33. The summed E-state index contributed by atoms with van der Waals surface area (Å²) < 4.78 is 16.9. The van der Waals surface area contributed by atoms with Gasteiger partial charge in [-0.15, -0.1) is 0 Å². The summed E-state index contributed by atoms with van der Waals surface area (Å²) in [6.45, 7) is 0. The van der Waals surface area contributed by atoms with Gasteiger partial charge in [-0.2, -0.15) is 0 Å². The SMILES string of the molecule is NC#Cc1cc(F)c(-n2c3ccccc3c3ccccc32)cc1C#CN. The Kier molecular flexibility index (Phi) is 3.73. The quantitative estimate of drug-likeness (QED) is 0.412. The number of hydrogen-bond donors (Lipinski definition) is 2. The molecule has 1 aromatic heterocycles. The van der Waals surface area contributed by atoms with Gasteiger partial charge in [-0.25, -0.2) is 4.39 Å². The fourth-order valence-corrected chi connectivity index (χ4v) is 3.28. The number of halogens is 1. The molecule has 0 aliphatic heterocycles. The second-order valence-corrected chi connectivity index (χ2v) is 5.76. The predicted molar refractivity (Wildman–Crippen MR) is 103 cm³/mol. The lowest BCUT2D eigenvalue weighted by Crippen LogP contribution is -2.01. The molecule has 3 nitrogen and oxygen atoms in total. The zero-order chi connectivity index (χ0) is 18.1. The molecule has 0 aliphatic carbocycles. The number of fused-ring (bicyclic) bond motifs is 3. The fraction of sp³-hybridized carbons (Fsp3) is 0. The average molecular weight is 339 g/mol. The number of nitrogens with zero attached hydrogens (tertiary/aromatic N) is 1. The van der Waals surface area contributed by atoms with Crippen molar-refractivity contribution in [2.75, 3.05) is 0 Å². The number of nitrogens with two attached hydrogens (primary N) is 2. The molecule has 0 amide bonds. The number of hydrogen-bond acceptors (Lipinski definition) is 2. The number of benzene rings is 3. The third-order valence-electron chi connectivity index (χ3n) is 4.32. The third kappa shape index (κ3) is 2.33. The molecule has 4 rings (SSSR count). The first-order valence-corrected chi connectivity index (χ1v) is 8.00. The molecule has 0 fully saturated rings. The van der Waals surface area contributed by atoms with Crippen LogP contribution in [0.4, 0.5) is 4.39 Å². The van der Waals surface area contributed by atoms with Crippen LogP contribution in [0, 0.1) is 29.7 Å². The largest absolute Gasteiger partial charge is 0.359 e. The van der Waals surface area contributed by atoms with E-state index >= 15 is 4.39 Å². The van der Waals surface area contributed by atoms with E-state index in [1.807, 2.05) is 53.1 Å². The molecule has 1 heterocycles. The summed E-state index contributed by atoms with van der Waals surface area (Å²) in [5, 5.41) is 2.11. The summed E-state index contributed by atoms with van der Waals surface area (Å²) in [6.07, 6.45) is 0. The summed E-state index contributed by atoms with van der Waals surface area (Å²) in [4.78, 5) is 0. The molecular formula is C22H14FN3. The number of aromatic nitrogens is 1. The first kappa shape index (κ1) is 15.6. The van der Waals surface area contributed by atoms with Gasteiger partial charge in [0.05, 0.1) is 16.7 Å². The Morgan fingerprint density at radius 2 is 1.23 bits per heavy atom. The minimum absolute atomic E-state index is 0.391. The van der Waals surface area contributed by atoms with Crippen LogP contribution in [0.15, 0.2) is 60.7 Å². The standard InChI is InChI=1S/C22H14FN3/c23-19-13-15(9-11-24)16(10-12-25)14-22(19)26-20-7-3-1-5-17(20)18-6-2-4-8-21(18)26/h1-8,13-14H,24-25H2. The zero-order valence-corrected chi connectivity index (χ0v) is 13.8. The van der Waals surface area contributed by atoms with E-state index in [1.54, 1.807) is 6.07 Å². The maximum atomic E-state index is 15.0. The molecule has 4 aromatic rings. The van der Waals surface area contributed by atoms with Crippen molar-refractivity contribution in [1.82, 2.24) is 4.57 Å². The van der Waals surface area contributed by atoms with E-state index in [1.165, 1.54) is 6.07 Å². The van der Waals surface area contributed by atoms with E-state index in [2.05, 4.69) is 23.9 Å². The summed E-state index contributed by atoms with van der Waals surface area (Å²) >= 11 is 0. The number of rotatable bonds is 1. The molecule has 26 heavy (non-hydrogen) atoms. The van der Waals surface area contributed by atoms with Gasteiger partial charge < -0.3 is 16.0 Å². The Labute approximate surface area is 150 Å². The van der Waals surface area contributed by atoms with Crippen LogP contribution >= 0.6 is 0 Å². The molecule has 0 saturated carbocycles. The molecule has 0 radical (unpaired) electrons. The van der Waals surface area contributed by atoms with Crippen molar-refractivity contribution in [3.8, 4) is 29.6 Å². The molecular weight excluding hydrogens is 325 g/mol. The molecule has 0 saturated heterocycles. The van der Waals surface area contributed by atoms with E-state index in [-0.39, 0.29) is 0 Å². The van der Waals surface area contributed by atoms with Crippen molar-refractivity contribution in [2.45, 2.75) is 0 Å². The molecule has 4 heteroatoms. The van der Waals surface area contributed by atoms with E-state index in [4.69, 9.17) is 11.5 Å². The Balaban J connectivity index is 2.13. The van der Waals surface area contributed by atoms with Crippen molar-refractivity contribution in [2.24, 2.45) is 11.5 Å². The van der Waals surface area contributed by atoms with Crippen LogP contribution in [0.2, 0.25) is 0 Å². The van der Waals surface area contributed by atoms with Crippen LogP contribution in [0.3, 0.4) is 0 Å². The molecule has 4 N–H and O–H groups in total. The first-order chi connectivity index (χ1) is 12.7. The topological polar surface area (TPSA) is 57.0 Å². The van der Waals surface area contributed by atoms with E-state index in [0.29, 0.717) is 16.8 Å². The summed E-state index contributed by atoms with van der Waals surface area (Å²) in [5.74, 6) is 5.04. The molecule has 0 unspecified atom stereocenters. The average Bonchev–Trinajstić information content (AvgIpc) is 2.99. The van der Waals surface area contributed by atoms with Gasteiger partial charge in [0.25, 0.3) is 0 Å². The van der Waals surface area contributed by atoms with Crippen LogP contribution < -0.4 is 11.5 Å². The van der Waals surface area contributed by atoms with Gasteiger partial charge in [0.2, 0.25) is 0 Å². The van der Waals surface area contributed by atoms with E-state index in [9.17, 15) is 0 Å². The lowest BCUT2D eigenvalue weighted by molar-refractivity contribution is 0.620. The maximum Gasteiger partial charge on any atom is 0.148 e. The molecule has 0 atom stereocenters. The second-order valence-electron chi connectivity index (χ2n) is 5.76.